The van der Waals surface area contributed by atoms with E-state index in [0.29, 0.717) is 0 Å². The molecule has 0 aliphatic carbocycles. The molecular weight excluding hydrogens is 508 g/mol. The van der Waals surface area contributed by atoms with Gasteiger partial charge in [-0.25, -0.2) is 0 Å². The van der Waals surface area contributed by atoms with Gasteiger partial charge in [-0.1, -0.05) is 109 Å². The standard InChI is InChI=1S/C40H34N2/c1-31-13-9-11-19-39(31)42(40-20-12-10-14-32(40)2)38-29-25-34(26-30-38)22-21-33-23-27-37(28-24-33)41(35-15-5-3-6-16-35)36-17-7-4-8-18-36/h3-30H,1-2H3. The van der Waals surface area contributed by atoms with Gasteiger partial charge in [-0.3, -0.25) is 0 Å². The zero-order valence-corrected chi connectivity index (χ0v) is 24.1. The van der Waals surface area contributed by atoms with Crippen LogP contribution in [0.1, 0.15) is 22.3 Å². The van der Waals surface area contributed by atoms with Gasteiger partial charge in [0.25, 0.3) is 0 Å². The molecule has 0 unspecified atom stereocenters. The van der Waals surface area contributed by atoms with E-state index in [1.165, 1.54) is 22.5 Å². The van der Waals surface area contributed by atoms with Gasteiger partial charge in [0.05, 0.1) is 0 Å². The summed E-state index contributed by atoms with van der Waals surface area (Å²) in [5.41, 5.74) is 11.7. The first kappa shape index (κ1) is 26.9. The lowest BCUT2D eigenvalue weighted by Crippen LogP contribution is -2.12. The predicted molar refractivity (Wildman–Crippen MR) is 181 cm³/mol. The molecule has 42 heavy (non-hydrogen) atoms. The van der Waals surface area contributed by atoms with Crippen molar-refractivity contribution in [2.45, 2.75) is 13.8 Å². The van der Waals surface area contributed by atoms with Crippen LogP contribution in [0.15, 0.2) is 158 Å². The van der Waals surface area contributed by atoms with E-state index in [9.17, 15) is 0 Å². The minimum Gasteiger partial charge on any atom is -0.311 e. The Balaban J connectivity index is 1.25. The number of benzene rings is 6. The Labute approximate surface area is 249 Å². The minimum atomic E-state index is 1.13. The molecule has 0 spiro atoms. The van der Waals surface area contributed by atoms with Crippen LogP contribution in [-0.4, -0.2) is 0 Å². The highest BCUT2D eigenvalue weighted by molar-refractivity contribution is 5.81. The molecule has 0 fully saturated rings. The molecule has 6 aromatic rings. The van der Waals surface area contributed by atoms with Crippen LogP contribution in [0.25, 0.3) is 12.2 Å². The van der Waals surface area contributed by atoms with E-state index in [1.54, 1.807) is 0 Å². The van der Waals surface area contributed by atoms with Crippen LogP contribution >= 0.6 is 0 Å². The third-order valence-corrected chi connectivity index (χ3v) is 7.51. The third-order valence-electron chi connectivity index (χ3n) is 7.51. The molecule has 2 nitrogen and oxygen atoms in total. The first-order chi connectivity index (χ1) is 20.7. The van der Waals surface area contributed by atoms with E-state index in [1.807, 2.05) is 0 Å². The maximum absolute atomic E-state index is 2.35. The zero-order chi connectivity index (χ0) is 28.7. The first-order valence-corrected chi connectivity index (χ1v) is 14.4. The van der Waals surface area contributed by atoms with Crippen LogP contribution in [0.3, 0.4) is 0 Å². The van der Waals surface area contributed by atoms with Crippen molar-refractivity contribution in [3.05, 3.63) is 180 Å². The van der Waals surface area contributed by atoms with Gasteiger partial charge in [0, 0.05) is 34.1 Å². The van der Waals surface area contributed by atoms with Gasteiger partial charge in [-0.05, 0) is 96.8 Å². The zero-order valence-electron chi connectivity index (χ0n) is 24.1. The lowest BCUT2D eigenvalue weighted by molar-refractivity contribution is 1.22. The normalized spacial score (nSPS) is 11.0. The van der Waals surface area contributed by atoms with Crippen LogP contribution in [0.5, 0.6) is 0 Å². The summed E-state index contributed by atoms with van der Waals surface area (Å²) in [6.07, 6.45) is 4.35. The Bertz CT molecular complexity index is 1690. The summed E-state index contributed by atoms with van der Waals surface area (Å²) in [6.45, 7) is 4.34. The molecule has 6 aromatic carbocycles. The number of nitrogens with zero attached hydrogens (tertiary/aromatic N) is 2. The fourth-order valence-corrected chi connectivity index (χ4v) is 5.30. The number of anilines is 6. The molecule has 0 N–H and O–H groups in total. The van der Waals surface area contributed by atoms with E-state index < -0.39 is 0 Å². The molecule has 0 aliphatic rings. The van der Waals surface area contributed by atoms with Crippen molar-refractivity contribution in [3.63, 3.8) is 0 Å². The maximum atomic E-state index is 2.35. The molecular formula is C40H34N2. The van der Waals surface area contributed by atoms with Crippen molar-refractivity contribution in [1.82, 2.24) is 0 Å². The Kier molecular flexibility index (Phi) is 7.96. The second-order valence-corrected chi connectivity index (χ2v) is 10.4. The average Bonchev–Trinajstić information content (AvgIpc) is 3.04. The van der Waals surface area contributed by atoms with Crippen molar-refractivity contribution >= 4 is 46.3 Å². The molecule has 0 saturated heterocycles. The van der Waals surface area contributed by atoms with Crippen LogP contribution in [0.4, 0.5) is 34.1 Å². The van der Waals surface area contributed by atoms with E-state index >= 15 is 0 Å². The van der Waals surface area contributed by atoms with Gasteiger partial charge in [-0.15, -0.1) is 0 Å². The molecule has 0 amide bonds. The fourth-order valence-electron chi connectivity index (χ4n) is 5.30. The Morgan fingerprint density at radius 1 is 0.333 bits per heavy atom. The summed E-state index contributed by atoms with van der Waals surface area (Å²) in [6, 6.07) is 55.6. The van der Waals surface area contributed by atoms with Crippen LogP contribution in [0.2, 0.25) is 0 Å². The monoisotopic (exact) mass is 542 g/mol. The Hall–Kier alpha value is -5.34. The second-order valence-electron chi connectivity index (χ2n) is 10.4. The molecule has 204 valence electrons. The van der Waals surface area contributed by atoms with E-state index in [2.05, 4.69) is 194 Å². The molecule has 0 heterocycles. The van der Waals surface area contributed by atoms with Gasteiger partial charge in [0.1, 0.15) is 0 Å². The van der Waals surface area contributed by atoms with E-state index in [4.69, 9.17) is 0 Å². The SMILES string of the molecule is Cc1ccccc1N(c1ccc(C=Cc2ccc(N(c3ccccc3)c3ccccc3)cc2)cc1)c1ccccc1C. The van der Waals surface area contributed by atoms with Gasteiger partial charge < -0.3 is 9.80 Å². The summed E-state index contributed by atoms with van der Waals surface area (Å²) in [7, 11) is 0. The summed E-state index contributed by atoms with van der Waals surface area (Å²) in [4.78, 5) is 4.63. The molecule has 0 radical (unpaired) electrons. The highest BCUT2D eigenvalue weighted by atomic mass is 15.1. The number of para-hydroxylation sites is 4. The van der Waals surface area contributed by atoms with Crippen LogP contribution in [0, 0.1) is 13.8 Å². The lowest BCUT2D eigenvalue weighted by Gasteiger charge is -2.28. The topological polar surface area (TPSA) is 6.48 Å². The van der Waals surface area contributed by atoms with Crippen molar-refractivity contribution in [2.24, 2.45) is 0 Å². The van der Waals surface area contributed by atoms with Crippen molar-refractivity contribution in [1.29, 1.82) is 0 Å². The fraction of sp³-hybridized carbons (Fsp3) is 0.0500. The van der Waals surface area contributed by atoms with Gasteiger partial charge in [-0.2, -0.15) is 0 Å². The highest BCUT2D eigenvalue weighted by Crippen LogP contribution is 2.38. The van der Waals surface area contributed by atoms with Crippen LogP contribution < -0.4 is 9.80 Å². The largest absolute Gasteiger partial charge is 0.311 e. The molecule has 0 aromatic heterocycles. The number of hydrogen-bond acceptors (Lipinski definition) is 2. The summed E-state index contributed by atoms with van der Waals surface area (Å²) >= 11 is 0. The molecule has 0 saturated carbocycles. The molecule has 2 heteroatoms. The second kappa shape index (κ2) is 12.4. The van der Waals surface area contributed by atoms with Crippen molar-refractivity contribution in [3.8, 4) is 0 Å². The molecule has 0 bridgehead atoms. The average molecular weight is 543 g/mol. The summed E-state index contributed by atoms with van der Waals surface area (Å²) in [5, 5.41) is 0. The van der Waals surface area contributed by atoms with E-state index in [0.717, 1.165) is 33.9 Å². The lowest BCUT2D eigenvalue weighted by atomic mass is 10.1. The number of hydrogen-bond donors (Lipinski definition) is 0. The minimum absolute atomic E-state index is 1.13. The number of aryl methyl sites for hydroxylation is 2. The first-order valence-electron chi connectivity index (χ1n) is 14.4. The van der Waals surface area contributed by atoms with Crippen LogP contribution in [-0.2, 0) is 0 Å². The van der Waals surface area contributed by atoms with Gasteiger partial charge in [0.2, 0.25) is 0 Å². The molecule has 0 aliphatic heterocycles. The summed E-state index contributed by atoms with van der Waals surface area (Å²) in [5.74, 6) is 0. The molecule has 6 rings (SSSR count). The molecule has 0 atom stereocenters. The maximum Gasteiger partial charge on any atom is 0.0490 e. The summed E-state index contributed by atoms with van der Waals surface area (Å²) < 4.78 is 0. The highest BCUT2D eigenvalue weighted by Gasteiger charge is 2.16. The van der Waals surface area contributed by atoms with Crippen molar-refractivity contribution < 1.29 is 0 Å². The number of rotatable bonds is 8. The smallest absolute Gasteiger partial charge is 0.0490 e. The quantitative estimate of drug-likeness (QED) is 0.176. The van der Waals surface area contributed by atoms with E-state index in [-0.39, 0.29) is 0 Å². The third kappa shape index (κ3) is 5.89. The van der Waals surface area contributed by atoms with Gasteiger partial charge in [0.15, 0.2) is 0 Å². The van der Waals surface area contributed by atoms with Gasteiger partial charge >= 0.3 is 0 Å². The van der Waals surface area contributed by atoms with Crippen molar-refractivity contribution in [2.75, 3.05) is 9.80 Å². The Morgan fingerprint density at radius 2 is 0.667 bits per heavy atom. The Morgan fingerprint density at radius 3 is 1.07 bits per heavy atom. The predicted octanol–water partition coefficient (Wildman–Crippen LogP) is 11.4.